The maximum absolute atomic E-state index is 13.5. The van der Waals surface area contributed by atoms with Crippen LogP contribution in [0.2, 0.25) is 0 Å². The molecule has 0 amide bonds. The Morgan fingerprint density at radius 2 is 1.54 bits per heavy atom. The molecule has 5 rings (SSSR count). The summed E-state index contributed by atoms with van der Waals surface area (Å²) in [4.78, 5) is 39.4. The number of ketones is 1. The zero-order valence-electron chi connectivity index (χ0n) is 22.1. The van der Waals surface area contributed by atoms with E-state index in [1.54, 1.807) is 0 Å². The van der Waals surface area contributed by atoms with Crippen molar-refractivity contribution in [2.75, 3.05) is 0 Å². The van der Waals surface area contributed by atoms with Crippen LogP contribution in [0.15, 0.2) is 30.5 Å². The Labute approximate surface area is 233 Å². The molecule has 2 aliphatic heterocycles. The second-order valence-electron chi connectivity index (χ2n) is 10.2. The summed E-state index contributed by atoms with van der Waals surface area (Å²) in [6.07, 6.45) is 2.87. The van der Waals surface area contributed by atoms with Crippen molar-refractivity contribution in [3.63, 3.8) is 0 Å². The lowest BCUT2D eigenvalue weighted by atomic mass is 10.8. The lowest BCUT2D eigenvalue weighted by molar-refractivity contribution is -0.143. The SMILES string of the molecule is [13CH2]=[13C]1O[13C](=O)[13c]2[13c]([13cH][13c]3[13c]([13c]2O)[13C](O)=[13CH][13C](=O)/[13C]3=[13C]2/[13C](=O)O[13C@H]([13CH2][13CH2][13CH2][13CH2][13CH2][13CH2][13CH3])[13c]3[13c]2[13cH][13c](O)[13c](O)[13c]3O)[13C@H]1O. The molecule has 0 saturated carbocycles. The average Bonchev–Trinajstić information content (AvgIpc) is 2.91. The molecule has 214 valence electrons. The Morgan fingerprint density at radius 3 is 2.24 bits per heavy atom. The number of unbranched alkanes of at least 4 members (excludes halogenated alkanes) is 4. The number of rotatable bonds is 6. The van der Waals surface area contributed by atoms with Crippen LogP contribution in [-0.4, -0.2) is 48.4 Å². The van der Waals surface area contributed by atoms with Gasteiger partial charge in [-0.15, -0.1) is 0 Å². The van der Waals surface area contributed by atoms with E-state index < -0.39 is 75.4 Å². The van der Waals surface area contributed by atoms with Crippen molar-refractivity contribution in [2.24, 2.45) is 0 Å². The van der Waals surface area contributed by atoms with Crippen molar-refractivity contribution >= 4 is 34.6 Å². The van der Waals surface area contributed by atoms with Gasteiger partial charge < -0.3 is 40.1 Å². The third-order valence-electron chi connectivity index (χ3n) is 7.56. The first-order valence-electron chi connectivity index (χ1n) is 13.2. The maximum atomic E-state index is 13.5. The van der Waals surface area contributed by atoms with Gasteiger partial charge in [-0.2, -0.15) is 0 Å². The van der Waals surface area contributed by atoms with E-state index >= 15 is 0 Å². The molecule has 0 saturated heterocycles. The van der Waals surface area contributed by atoms with Gasteiger partial charge in [-0.25, -0.2) is 9.59 Å². The highest BCUT2D eigenvalue weighted by atomic mass is 16.7. The number of aromatic hydroxyl groups is 4. The van der Waals surface area contributed by atoms with Crippen molar-refractivity contribution in [2.45, 2.75) is 57.7 Å². The lowest BCUT2D eigenvalue weighted by Gasteiger charge is -2.31. The van der Waals surface area contributed by atoms with E-state index in [-0.39, 0.29) is 33.6 Å². The number of carbonyl (C=O) groups excluding carboxylic acids is 3. The average molecular weight is 594 g/mol. The summed E-state index contributed by atoms with van der Waals surface area (Å²) in [5.74, 6) is -7.13. The van der Waals surface area contributed by atoms with Crippen LogP contribution in [0.25, 0.3) is 16.9 Å². The molecule has 2 heterocycles. The molecule has 41 heavy (non-hydrogen) atoms. The molecule has 0 bridgehead atoms. The standard InChI is InChI=1S/C30H28O11/c1-3-4-5-6-7-8-19-22-14(10-18(33)26(35)28(22)37)23(29(38)41-19)20-13-9-15-24(30(39)40-12(2)25(15)34)27(36)21(13)17(32)11-16(20)31/h9-11,19,25,32-37H,2-8H2,1H3/b23-20+/t19-,25+/m1/s1/i1+1,2+1,3+1,4+1,5+1,6+1,7+1,8+1,9+1,10+1,11+1,12+1,13+1,14+1,15+1,16+1,17+1,18+1,19+1,20+1,21+1,22+1,23+1,24+1,25+1,26+1,27+1,28+1,29+1,30+1. The minimum Gasteiger partial charge on any atom is -0.507 e. The predicted octanol–water partition coefficient (Wildman–Crippen LogP) is 4.58. The third kappa shape index (κ3) is 4.38. The van der Waals surface area contributed by atoms with Crippen molar-refractivity contribution in [1.82, 2.24) is 0 Å². The number of ether oxygens (including phenoxy) is 2. The second-order valence-corrected chi connectivity index (χ2v) is 10.2. The number of hydrogen-bond acceptors (Lipinski definition) is 11. The number of phenolic OH excluding ortho intramolecular Hbond substituents is 4. The number of hydrogen-bond donors (Lipinski definition) is 6. The van der Waals surface area contributed by atoms with E-state index in [1.165, 1.54) is 0 Å². The Morgan fingerprint density at radius 1 is 0.829 bits per heavy atom. The number of aliphatic hydroxyl groups is 2. The molecule has 2 aromatic rings. The topological polar surface area (TPSA) is 191 Å². The van der Waals surface area contributed by atoms with Gasteiger partial charge in [-0.3, -0.25) is 4.79 Å². The fourth-order valence-electron chi connectivity index (χ4n) is 5.56. The highest BCUT2D eigenvalue weighted by Gasteiger charge is 2.42. The summed E-state index contributed by atoms with van der Waals surface area (Å²) in [7, 11) is 0. The van der Waals surface area contributed by atoms with Gasteiger partial charge in [-0.05, 0) is 25.0 Å². The van der Waals surface area contributed by atoms with Crippen molar-refractivity contribution < 1.29 is 54.5 Å². The molecule has 11 heteroatoms. The number of cyclic esters (lactones) is 2. The van der Waals surface area contributed by atoms with Crippen LogP contribution >= 0.6 is 0 Å². The quantitative estimate of drug-likeness (QED) is 0.0903. The van der Waals surface area contributed by atoms with E-state index in [2.05, 4.69) is 13.5 Å². The fraction of sp³-hybridized carbons (Fsp3) is 0.300. The molecule has 1 aliphatic carbocycles. The zero-order valence-corrected chi connectivity index (χ0v) is 22.1. The first-order valence-corrected chi connectivity index (χ1v) is 13.2. The Balaban J connectivity index is 1.76. The summed E-state index contributed by atoms with van der Waals surface area (Å²) in [5, 5.41) is 63.8. The molecule has 3 aliphatic rings. The Kier molecular flexibility index (Phi) is 7.00. The third-order valence-corrected chi connectivity index (χ3v) is 7.56. The highest BCUT2D eigenvalue weighted by molar-refractivity contribution is 6.44. The molecule has 0 fully saturated rings. The zero-order chi connectivity index (χ0) is 29.7. The second kappa shape index (κ2) is 10.3. The number of carbonyl (C=O) groups is 3. The summed E-state index contributed by atoms with van der Waals surface area (Å²) >= 11 is 0. The Bertz CT molecular complexity index is 1590. The summed E-state index contributed by atoms with van der Waals surface area (Å²) in [6, 6.07) is 2.17. The first kappa shape index (κ1) is 27.8. The molecule has 0 unspecified atom stereocenters. The van der Waals surface area contributed by atoms with Crippen molar-refractivity contribution in [3.05, 3.63) is 63.9 Å². The number of fused-ring (bicyclic) bond motifs is 3. The van der Waals surface area contributed by atoms with Crippen LogP contribution in [0, 0.1) is 0 Å². The van der Waals surface area contributed by atoms with E-state index in [1.807, 2.05) is 0 Å². The number of esters is 2. The predicted molar refractivity (Wildman–Crippen MR) is 144 cm³/mol. The molecular weight excluding hydrogens is 566 g/mol. The minimum absolute atomic E-state index is 0.0230. The van der Waals surface area contributed by atoms with Gasteiger partial charge in [0.15, 0.2) is 17.3 Å². The van der Waals surface area contributed by atoms with Gasteiger partial charge in [0.2, 0.25) is 5.75 Å². The monoisotopic (exact) mass is 594 g/mol. The van der Waals surface area contributed by atoms with Gasteiger partial charge in [0.25, 0.3) is 0 Å². The van der Waals surface area contributed by atoms with E-state index in [9.17, 15) is 45.0 Å². The van der Waals surface area contributed by atoms with Crippen LogP contribution in [-0.2, 0) is 19.1 Å². The molecule has 2 atom stereocenters. The van der Waals surface area contributed by atoms with Gasteiger partial charge in [0.1, 0.15) is 35.0 Å². The van der Waals surface area contributed by atoms with Crippen LogP contribution in [0.3, 0.4) is 0 Å². The summed E-state index contributed by atoms with van der Waals surface area (Å²) in [6.45, 7) is 5.54. The largest absolute Gasteiger partial charge is 0.507 e. The van der Waals surface area contributed by atoms with Gasteiger partial charge >= 0.3 is 11.9 Å². The number of aliphatic hydroxyl groups excluding tert-OH is 2. The molecule has 0 spiro atoms. The number of allylic oxidation sites excluding steroid dienone is 2. The van der Waals surface area contributed by atoms with E-state index in [0.717, 1.165) is 43.9 Å². The smallest absolute Gasteiger partial charge is 0.347 e. The van der Waals surface area contributed by atoms with E-state index in [0.29, 0.717) is 12.8 Å². The van der Waals surface area contributed by atoms with Crippen LogP contribution < -0.4 is 0 Å². The van der Waals surface area contributed by atoms with Crippen molar-refractivity contribution in [1.29, 1.82) is 0 Å². The number of phenols is 4. The van der Waals surface area contributed by atoms with Gasteiger partial charge in [0.05, 0.1) is 11.1 Å². The molecule has 0 radical (unpaired) electrons. The fourth-order valence-corrected chi connectivity index (χ4v) is 5.56. The number of benzene rings is 2. The van der Waals surface area contributed by atoms with Crippen LogP contribution in [0.1, 0.15) is 95.8 Å². The molecule has 11 nitrogen and oxygen atoms in total. The summed E-state index contributed by atoms with van der Waals surface area (Å²) < 4.78 is 10.6. The highest BCUT2D eigenvalue weighted by Crippen LogP contribution is 2.53. The first-order chi connectivity index (χ1) is 19.5. The Hall–Kier alpha value is -4.77. The normalized spacial score (nSPS) is 21.5. The molecule has 6 N–H and O–H groups in total. The lowest BCUT2D eigenvalue weighted by Crippen LogP contribution is -2.26. The van der Waals surface area contributed by atoms with Crippen molar-refractivity contribution in [3.8, 4) is 23.0 Å². The molecular formula is C30H28O11. The minimum atomic E-state index is -1.60. The van der Waals surface area contributed by atoms with Crippen LogP contribution in [0.5, 0.6) is 23.0 Å². The molecule has 0 aromatic heterocycles. The van der Waals surface area contributed by atoms with E-state index in [4.69, 9.17) is 9.47 Å². The van der Waals surface area contributed by atoms with Crippen LogP contribution in [0.4, 0.5) is 0 Å². The van der Waals surface area contributed by atoms with Gasteiger partial charge in [-0.1, -0.05) is 39.2 Å². The van der Waals surface area contributed by atoms with Gasteiger partial charge in [0, 0.05) is 33.9 Å². The summed E-state index contributed by atoms with van der Waals surface area (Å²) in [5.41, 5.74) is -2.20. The molecule has 2 aromatic carbocycles. The maximum Gasteiger partial charge on any atom is 0.347 e.